The molecule has 4 nitrogen and oxygen atoms in total. The van der Waals surface area contributed by atoms with Gasteiger partial charge in [0.25, 0.3) is 0 Å². The van der Waals surface area contributed by atoms with Crippen molar-refractivity contribution in [3.8, 4) is 0 Å². The molecule has 2 atom stereocenters. The Morgan fingerprint density at radius 1 is 1.04 bits per heavy atom. The van der Waals surface area contributed by atoms with Crippen molar-refractivity contribution in [2.45, 2.75) is 94.9 Å². The standard InChI is InChI=1S/C23H33NO3/c25-22(27-17-19-9-5-2-6-10-19)24-20-11-12-21(24)16-23(26,15-20)14-13-18-7-3-1-4-8-18/h2,5-6,9-10,18,20-21,26H,1,3-4,7-8,11-17H2. The zero-order valence-electron chi connectivity index (χ0n) is 16.3. The van der Waals surface area contributed by atoms with Crippen LogP contribution in [0.5, 0.6) is 0 Å². The van der Waals surface area contributed by atoms with Gasteiger partial charge in [-0.1, -0.05) is 62.4 Å². The number of hydrogen-bond acceptors (Lipinski definition) is 3. The van der Waals surface area contributed by atoms with Crippen LogP contribution in [-0.4, -0.2) is 33.8 Å². The molecule has 2 heterocycles. The number of ether oxygens (including phenoxy) is 1. The molecule has 2 saturated heterocycles. The zero-order chi connectivity index (χ0) is 18.7. The van der Waals surface area contributed by atoms with Gasteiger partial charge in [-0.05, 0) is 50.0 Å². The average molecular weight is 372 g/mol. The molecule has 3 fully saturated rings. The molecule has 2 aliphatic heterocycles. The van der Waals surface area contributed by atoms with Crippen LogP contribution in [0.25, 0.3) is 0 Å². The van der Waals surface area contributed by atoms with Crippen LogP contribution < -0.4 is 0 Å². The molecule has 1 saturated carbocycles. The second-order valence-corrected chi connectivity index (χ2v) is 9.01. The van der Waals surface area contributed by atoms with E-state index in [1.165, 1.54) is 32.1 Å². The molecule has 2 unspecified atom stereocenters. The first-order chi connectivity index (χ1) is 13.1. The van der Waals surface area contributed by atoms with Crippen molar-refractivity contribution in [2.75, 3.05) is 0 Å². The molecule has 1 amide bonds. The highest BCUT2D eigenvalue weighted by Crippen LogP contribution is 2.44. The molecular formula is C23H33NO3. The van der Waals surface area contributed by atoms with Gasteiger partial charge in [0.05, 0.1) is 5.60 Å². The maximum absolute atomic E-state index is 12.7. The first-order valence-corrected chi connectivity index (χ1v) is 10.8. The Hall–Kier alpha value is -1.55. The lowest BCUT2D eigenvalue weighted by molar-refractivity contribution is -0.0578. The van der Waals surface area contributed by atoms with Gasteiger partial charge in [-0.25, -0.2) is 4.79 Å². The fraction of sp³-hybridized carbons (Fsp3) is 0.696. The molecule has 3 aliphatic rings. The largest absolute Gasteiger partial charge is 0.445 e. The molecule has 4 rings (SSSR count). The van der Waals surface area contributed by atoms with Gasteiger partial charge >= 0.3 is 6.09 Å². The number of hydrogen-bond donors (Lipinski definition) is 1. The van der Waals surface area contributed by atoms with Gasteiger partial charge in [0.1, 0.15) is 6.61 Å². The van der Waals surface area contributed by atoms with Crippen LogP contribution in [0.2, 0.25) is 0 Å². The minimum Gasteiger partial charge on any atom is -0.445 e. The number of fused-ring (bicyclic) bond motifs is 2. The number of carbonyl (C=O) groups excluding carboxylic acids is 1. The first-order valence-electron chi connectivity index (χ1n) is 10.8. The summed E-state index contributed by atoms with van der Waals surface area (Å²) in [5.41, 5.74) is 0.429. The fourth-order valence-electron chi connectivity index (χ4n) is 5.57. The van der Waals surface area contributed by atoms with E-state index in [9.17, 15) is 9.90 Å². The summed E-state index contributed by atoms with van der Waals surface area (Å²) in [7, 11) is 0. The van der Waals surface area contributed by atoms with Crippen molar-refractivity contribution in [2.24, 2.45) is 5.92 Å². The predicted octanol–water partition coefficient (Wildman–Crippen LogP) is 5.04. The van der Waals surface area contributed by atoms with E-state index in [4.69, 9.17) is 4.74 Å². The molecular weight excluding hydrogens is 338 g/mol. The molecule has 27 heavy (non-hydrogen) atoms. The minimum absolute atomic E-state index is 0.142. The topological polar surface area (TPSA) is 49.8 Å². The quantitative estimate of drug-likeness (QED) is 0.789. The van der Waals surface area contributed by atoms with Gasteiger partial charge in [0.15, 0.2) is 0 Å². The Labute approximate surface area is 162 Å². The molecule has 1 aliphatic carbocycles. The summed E-state index contributed by atoms with van der Waals surface area (Å²) in [5.74, 6) is 0.800. The van der Waals surface area contributed by atoms with Gasteiger partial charge < -0.3 is 14.7 Å². The highest BCUT2D eigenvalue weighted by Gasteiger charge is 2.49. The van der Waals surface area contributed by atoms with E-state index in [1.807, 2.05) is 35.2 Å². The second kappa shape index (κ2) is 8.22. The molecule has 1 N–H and O–H groups in total. The second-order valence-electron chi connectivity index (χ2n) is 9.01. The Kier molecular flexibility index (Phi) is 5.72. The summed E-state index contributed by atoms with van der Waals surface area (Å²) in [6.07, 6.45) is 12.0. The van der Waals surface area contributed by atoms with Crippen LogP contribution >= 0.6 is 0 Å². The number of carbonyl (C=O) groups is 1. The highest BCUT2D eigenvalue weighted by atomic mass is 16.6. The first kappa shape index (κ1) is 18.8. The van der Waals surface area contributed by atoms with Gasteiger partial charge in [-0.3, -0.25) is 0 Å². The highest BCUT2D eigenvalue weighted by molar-refractivity contribution is 5.69. The third-order valence-corrected chi connectivity index (χ3v) is 7.01. The van der Waals surface area contributed by atoms with E-state index in [0.717, 1.165) is 50.0 Å². The molecule has 0 spiro atoms. The summed E-state index contributed by atoms with van der Waals surface area (Å²) >= 11 is 0. The molecule has 4 heteroatoms. The van der Waals surface area contributed by atoms with Gasteiger partial charge in [0.2, 0.25) is 0 Å². The van der Waals surface area contributed by atoms with Gasteiger partial charge in [-0.2, -0.15) is 0 Å². The summed E-state index contributed by atoms with van der Waals surface area (Å²) < 4.78 is 5.58. The van der Waals surface area contributed by atoms with E-state index in [1.54, 1.807) is 0 Å². The van der Waals surface area contributed by atoms with Crippen LogP contribution in [0, 0.1) is 5.92 Å². The lowest BCUT2D eigenvalue weighted by atomic mass is 9.78. The molecule has 148 valence electrons. The molecule has 1 aromatic rings. The monoisotopic (exact) mass is 371 g/mol. The van der Waals surface area contributed by atoms with Crippen molar-refractivity contribution in [1.29, 1.82) is 0 Å². The summed E-state index contributed by atoms with van der Waals surface area (Å²) in [4.78, 5) is 14.6. The predicted molar refractivity (Wildman–Crippen MR) is 105 cm³/mol. The Morgan fingerprint density at radius 3 is 2.37 bits per heavy atom. The number of aliphatic hydroxyl groups is 1. The number of benzene rings is 1. The Balaban J connectivity index is 1.30. The minimum atomic E-state index is -0.584. The number of piperidine rings is 1. The fourth-order valence-corrected chi connectivity index (χ4v) is 5.57. The zero-order valence-corrected chi connectivity index (χ0v) is 16.3. The SMILES string of the molecule is O=C(OCc1ccccc1)N1C2CCC1CC(O)(CCC1CCCCC1)C2. The van der Waals surface area contributed by atoms with Crippen molar-refractivity contribution >= 4 is 6.09 Å². The van der Waals surface area contributed by atoms with Crippen LogP contribution in [0.15, 0.2) is 30.3 Å². The summed E-state index contributed by atoms with van der Waals surface area (Å²) in [5, 5.41) is 11.2. The lowest BCUT2D eigenvalue weighted by Crippen LogP contribution is -2.53. The summed E-state index contributed by atoms with van der Waals surface area (Å²) in [6, 6.07) is 10.1. The van der Waals surface area contributed by atoms with Crippen LogP contribution in [0.4, 0.5) is 4.79 Å². The van der Waals surface area contributed by atoms with Gasteiger partial charge in [0, 0.05) is 12.1 Å². The maximum atomic E-state index is 12.7. The van der Waals surface area contributed by atoms with E-state index in [-0.39, 0.29) is 18.2 Å². The summed E-state index contributed by atoms with van der Waals surface area (Å²) in [6.45, 7) is 0.321. The van der Waals surface area contributed by atoms with Gasteiger partial charge in [-0.15, -0.1) is 0 Å². The number of nitrogens with zero attached hydrogens (tertiary/aromatic N) is 1. The van der Waals surface area contributed by atoms with Crippen molar-refractivity contribution < 1.29 is 14.6 Å². The maximum Gasteiger partial charge on any atom is 0.410 e. The van der Waals surface area contributed by atoms with E-state index < -0.39 is 5.60 Å². The average Bonchev–Trinajstić information content (AvgIpc) is 2.99. The van der Waals surface area contributed by atoms with Crippen LogP contribution in [-0.2, 0) is 11.3 Å². The molecule has 1 aromatic carbocycles. The molecule has 0 aromatic heterocycles. The third-order valence-electron chi connectivity index (χ3n) is 7.01. The number of amides is 1. The molecule has 0 radical (unpaired) electrons. The molecule has 2 bridgehead atoms. The lowest BCUT2D eigenvalue weighted by Gasteiger charge is -2.43. The van der Waals surface area contributed by atoms with E-state index in [2.05, 4.69) is 0 Å². The van der Waals surface area contributed by atoms with Crippen molar-refractivity contribution in [3.05, 3.63) is 35.9 Å². The van der Waals surface area contributed by atoms with Crippen molar-refractivity contribution in [3.63, 3.8) is 0 Å². The van der Waals surface area contributed by atoms with Crippen molar-refractivity contribution in [1.82, 2.24) is 4.90 Å². The van der Waals surface area contributed by atoms with Crippen LogP contribution in [0.1, 0.15) is 76.2 Å². The normalized spacial score (nSPS) is 31.1. The number of rotatable bonds is 5. The Bertz CT molecular complexity index is 612. The van der Waals surface area contributed by atoms with E-state index >= 15 is 0 Å². The van der Waals surface area contributed by atoms with Crippen LogP contribution in [0.3, 0.4) is 0 Å². The van der Waals surface area contributed by atoms with E-state index in [0.29, 0.717) is 6.61 Å². The Morgan fingerprint density at radius 2 is 1.70 bits per heavy atom. The third kappa shape index (κ3) is 4.48. The smallest absolute Gasteiger partial charge is 0.410 e.